The van der Waals surface area contributed by atoms with Gasteiger partial charge in [-0.3, -0.25) is 0 Å². The first-order chi connectivity index (χ1) is 12.3. The van der Waals surface area contributed by atoms with Crippen LogP contribution in [0.5, 0.6) is 5.88 Å². The Kier molecular flexibility index (Phi) is 5.50. The van der Waals surface area contributed by atoms with Crippen molar-refractivity contribution >= 4 is 27.8 Å². The van der Waals surface area contributed by atoms with E-state index in [0.29, 0.717) is 0 Å². The van der Waals surface area contributed by atoms with Crippen LogP contribution in [0.3, 0.4) is 0 Å². The van der Waals surface area contributed by atoms with Gasteiger partial charge in [-0.2, -0.15) is 18.2 Å². The Morgan fingerprint density at radius 2 is 1.96 bits per heavy atom. The van der Waals surface area contributed by atoms with Crippen molar-refractivity contribution < 1.29 is 28.8 Å². The third-order valence-corrected chi connectivity index (χ3v) is 4.06. The molecule has 2 rings (SSSR count). The number of carbonyl (C=O) groups is 1. The molecule has 1 aliphatic rings. The highest BCUT2D eigenvalue weighted by atomic mass is 79.9. The molecule has 0 spiro atoms. The fourth-order valence-corrected chi connectivity index (χ4v) is 2.86. The predicted octanol–water partition coefficient (Wildman–Crippen LogP) is 3.93. The van der Waals surface area contributed by atoms with Crippen molar-refractivity contribution in [3.63, 3.8) is 0 Å². The van der Waals surface area contributed by atoms with Crippen LogP contribution >= 0.6 is 15.9 Å². The molecule has 1 amide bonds. The molecule has 0 aliphatic carbocycles. The normalized spacial score (nSPS) is 19.2. The molecule has 1 aliphatic heterocycles. The van der Waals surface area contributed by atoms with Crippen LogP contribution in [0.1, 0.15) is 27.7 Å². The molecular weight excluding hydrogens is 419 g/mol. The third kappa shape index (κ3) is 4.93. The van der Waals surface area contributed by atoms with Crippen LogP contribution in [0.25, 0.3) is 0 Å². The number of piperazine rings is 1. The highest BCUT2D eigenvalue weighted by molar-refractivity contribution is 9.10. The number of amides is 1. The Labute approximate surface area is 159 Å². The van der Waals surface area contributed by atoms with E-state index in [1.807, 2.05) is 0 Å². The quantitative estimate of drug-likeness (QED) is 0.697. The summed E-state index contributed by atoms with van der Waals surface area (Å²) in [4.78, 5) is 19.0. The van der Waals surface area contributed by atoms with Gasteiger partial charge in [-0.05, 0) is 42.8 Å². The van der Waals surface area contributed by atoms with E-state index in [4.69, 9.17) is 10.8 Å². The summed E-state index contributed by atoms with van der Waals surface area (Å²) >= 11 is 3.10. The van der Waals surface area contributed by atoms with E-state index in [-0.39, 0.29) is 29.9 Å². The number of aromatic nitrogens is 1. The lowest BCUT2D eigenvalue weighted by atomic mass is 10.2. The van der Waals surface area contributed by atoms with E-state index in [0.717, 1.165) is 13.2 Å². The number of hydrogen-bond donors (Lipinski definition) is 0. The molecule has 2 heterocycles. The summed E-state index contributed by atoms with van der Waals surface area (Å²) in [6.07, 6.45) is -5.15. The molecule has 0 bridgehead atoms. The second-order valence-corrected chi connectivity index (χ2v) is 7.51. The average molecular weight is 441 g/mol. The van der Waals surface area contributed by atoms with Gasteiger partial charge in [-0.25, -0.2) is 4.79 Å². The maximum absolute atomic E-state index is 13.1. The smallest absolute Gasteiger partial charge is 0.421 e. The summed E-state index contributed by atoms with van der Waals surface area (Å²) in [5.41, 5.74) is -1.66. The summed E-state index contributed by atoms with van der Waals surface area (Å²) in [6.45, 7) is 4.82. The van der Waals surface area contributed by atoms with Crippen molar-refractivity contribution in [2.45, 2.75) is 32.5 Å². The minimum Gasteiger partial charge on any atom is -0.481 e. The lowest BCUT2D eigenvalue weighted by Gasteiger charge is -2.36. The Balaban J connectivity index is 2.22. The molecule has 0 aromatic carbocycles. The maximum atomic E-state index is 13.1. The molecule has 0 saturated carbocycles. The number of ether oxygens (including phenoxy) is 2. The molecule has 146 valence electrons. The molecular formula is C16H21BrF3N3O3. The Hall–Kier alpha value is -1.71. The van der Waals surface area contributed by atoms with Crippen molar-refractivity contribution in [1.82, 2.24) is 9.88 Å². The summed E-state index contributed by atoms with van der Waals surface area (Å²) in [6, 6.07) is 0.883. The van der Waals surface area contributed by atoms with Gasteiger partial charge >= 0.3 is 12.3 Å². The molecule has 6 nitrogen and oxygen atoms in total. The highest BCUT2D eigenvalue weighted by Gasteiger charge is 2.37. The van der Waals surface area contributed by atoms with Crippen LogP contribution in [-0.4, -0.2) is 54.8 Å². The number of anilines is 1. The first-order valence-corrected chi connectivity index (χ1v) is 8.61. The van der Waals surface area contributed by atoms with Gasteiger partial charge in [-0.1, -0.05) is 0 Å². The van der Waals surface area contributed by atoms with E-state index in [9.17, 15) is 18.0 Å². The van der Waals surface area contributed by atoms with Gasteiger partial charge in [0.05, 0.1) is 13.0 Å². The minimum absolute atomic E-state index is 0.0341. The van der Waals surface area contributed by atoms with Gasteiger partial charge in [0.2, 0.25) is 5.88 Å². The molecule has 1 aromatic rings. The monoisotopic (exact) mass is 440 g/mol. The first kappa shape index (κ1) is 19.1. The molecule has 1 atom stereocenters. The van der Waals surface area contributed by atoms with E-state index < -0.39 is 35.8 Å². The zero-order valence-corrected chi connectivity index (χ0v) is 16.4. The van der Waals surface area contributed by atoms with Crippen LogP contribution < -0.4 is 9.64 Å². The Morgan fingerprint density at radius 3 is 2.46 bits per heavy atom. The summed E-state index contributed by atoms with van der Waals surface area (Å²) in [7, 11) is 1.11. The van der Waals surface area contributed by atoms with E-state index in [1.165, 1.54) is 9.80 Å². The second-order valence-electron chi connectivity index (χ2n) is 6.65. The topological polar surface area (TPSA) is 54.9 Å². The lowest BCUT2D eigenvalue weighted by Crippen LogP contribution is -2.50. The molecule has 1 saturated heterocycles. The van der Waals surface area contributed by atoms with E-state index in [1.54, 1.807) is 20.8 Å². The van der Waals surface area contributed by atoms with Gasteiger partial charge in [0.25, 0.3) is 0 Å². The fourth-order valence-electron chi connectivity index (χ4n) is 2.32. The molecule has 10 heteroatoms. The number of hydrogen-bond acceptors (Lipinski definition) is 5. The minimum atomic E-state index is -4.62. The largest absolute Gasteiger partial charge is 0.481 e. The first-order valence-electron chi connectivity index (χ1n) is 8.39. The molecule has 1 aromatic heterocycles. The van der Waals surface area contributed by atoms with Gasteiger partial charge in [0, 0.05) is 26.2 Å². The van der Waals surface area contributed by atoms with Crippen molar-refractivity contribution in [3.8, 4) is 5.88 Å². The molecule has 0 unspecified atom stereocenters. The van der Waals surface area contributed by atoms with Gasteiger partial charge in [0.1, 0.15) is 17.0 Å². The van der Waals surface area contributed by atoms with Gasteiger partial charge < -0.3 is 19.3 Å². The number of halogens is 4. The number of carbonyl (C=O) groups excluding carboxylic acids is 1. The van der Waals surface area contributed by atoms with E-state index >= 15 is 0 Å². The summed E-state index contributed by atoms with van der Waals surface area (Å²) < 4.78 is 57.7. The van der Waals surface area contributed by atoms with E-state index in [2.05, 4.69) is 20.9 Å². The average Bonchev–Trinajstić information content (AvgIpc) is 2.52. The number of pyridine rings is 1. The molecule has 0 N–H and O–H groups in total. The van der Waals surface area contributed by atoms with Crippen LogP contribution in [0.2, 0.25) is 0 Å². The maximum Gasteiger partial charge on any atom is 0.421 e. The Bertz CT molecular complexity index is 713. The van der Waals surface area contributed by atoms with Crippen molar-refractivity contribution in [2.24, 2.45) is 0 Å². The van der Waals surface area contributed by atoms with Gasteiger partial charge in [0.15, 0.2) is 0 Å². The lowest BCUT2D eigenvalue weighted by molar-refractivity contribution is -0.139. The predicted molar refractivity (Wildman–Crippen MR) is 93.5 cm³/mol. The van der Waals surface area contributed by atoms with Crippen molar-refractivity contribution in [2.75, 3.05) is 38.2 Å². The van der Waals surface area contributed by atoms with Crippen LogP contribution in [0.15, 0.2) is 10.5 Å². The van der Waals surface area contributed by atoms with Crippen LogP contribution in [0, 0.1) is 0 Å². The zero-order chi connectivity index (χ0) is 20.6. The zero-order valence-electron chi connectivity index (χ0n) is 15.9. The molecule has 0 radical (unpaired) electrons. The molecule has 1 fully saturated rings. The van der Waals surface area contributed by atoms with Crippen molar-refractivity contribution in [1.29, 1.82) is 0 Å². The number of rotatable bonds is 2. The summed E-state index contributed by atoms with van der Waals surface area (Å²) in [5.74, 6) is -0.411. The number of alkyl halides is 3. The molecule has 26 heavy (non-hydrogen) atoms. The SMILES string of the molecule is [2H][C@H]1CN(C(=O)OC(C)(C)C)CCN1c1nc(OC)c(C(F)(F)F)cc1Br. The van der Waals surface area contributed by atoms with Crippen LogP contribution in [-0.2, 0) is 10.9 Å². The standard InChI is InChI=1S/C16H21BrF3N3O3/c1-15(2,3)26-14(24)23-7-5-22(6-8-23)12-11(17)9-10(16(18,19)20)13(21-12)25-4/h9H,5-8H2,1-4H3/i5D/t5-/m0/s1. The second kappa shape index (κ2) is 7.50. The fraction of sp³-hybridized carbons (Fsp3) is 0.625. The van der Waals surface area contributed by atoms with Crippen LogP contribution in [0.4, 0.5) is 23.8 Å². The summed E-state index contributed by atoms with van der Waals surface area (Å²) in [5, 5.41) is 0. The number of methoxy groups -OCH3 is 1. The van der Waals surface area contributed by atoms with Gasteiger partial charge in [-0.15, -0.1) is 0 Å². The number of nitrogens with zero attached hydrogens (tertiary/aromatic N) is 3. The highest BCUT2D eigenvalue weighted by Crippen LogP contribution is 2.39. The Morgan fingerprint density at radius 1 is 1.31 bits per heavy atom. The third-order valence-electron chi connectivity index (χ3n) is 3.48. The van der Waals surface area contributed by atoms with Crippen molar-refractivity contribution in [3.05, 3.63) is 16.1 Å².